The Morgan fingerprint density at radius 1 is 0.443 bits per heavy atom. The number of nitrogens with one attached hydrogen (secondary N) is 3. The van der Waals surface area contributed by atoms with E-state index in [9.17, 15) is 26.7 Å². The van der Waals surface area contributed by atoms with E-state index in [4.69, 9.17) is 86.8 Å². The number of benzene rings is 9. The van der Waals surface area contributed by atoms with E-state index in [1.54, 1.807) is 30.9 Å². The third-order valence-corrected chi connectivity index (χ3v) is 17.5. The number of phenols is 1. The fraction of sp³-hybridized carbons (Fsp3) is 0.0843. The van der Waals surface area contributed by atoms with Gasteiger partial charge >= 0.3 is 0 Å². The Morgan fingerprint density at radius 3 is 1.42 bits per heavy atom. The maximum Gasteiger partial charge on any atom is 0.154 e. The van der Waals surface area contributed by atoms with Crippen LogP contribution in [0.25, 0.3) is 33.1 Å². The lowest BCUT2D eigenvalue weighted by atomic mass is 10.0. The van der Waals surface area contributed by atoms with Gasteiger partial charge in [0.05, 0.1) is 30.7 Å². The molecule has 13 nitrogen and oxygen atoms in total. The van der Waals surface area contributed by atoms with Crippen LogP contribution in [0.2, 0.25) is 25.1 Å². The van der Waals surface area contributed by atoms with Crippen molar-refractivity contribution in [3.63, 3.8) is 0 Å². The summed E-state index contributed by atoms with van der Waals surface area (Å²) in [5.41, 5.74) is 8.63. The van der Waals surface area contributed by atoms with E-state index in [0.717, 1.165) is 79.0 Å². The Labute approximate surface area is 631 Å². The lowest BCUT2D eigenvalue weighted by Gasteiger charge is -2.19. The second kappa shape index (κ2) is 39.1. The van der Waals surface area contributed by atoms with Gasteiger partial charge in [0.15, 0.2) is 6.29 Å². The minimum absolute atomic E-state index is 0.000862. The Bertz CT molecular complexity index is 5290. The quantitative estimate of drug-likeness (QED) is 0.0479. The van der Waals surface area contributed by atoms with Crippen molar-refractivity contribution in [3.8, 4) is 28.7 Å². The number of aromatic hydroxyl groups is 1. The summed E-state index contributed by atoms with van der Waals surface area (Å²) in [6.07, 6.45) is 10.7. The van der Waals surface area contributed by atoms with Crippen molar-refractivity contribution < 1.29 is 55.5 Å². The normalized spacial score (nSPS) is 10.9. The summed E-state index contributed by atoms with van der Waals surface area (Å²) in [5, 5.41) is 12.5. The fourth-order valence-corrected chi connectivity index (χ4v) is 11.6. The molecule has 0 amide bonds. The van der Waals surface area contributed by atoms with E-state index >= 15 is 0 Å². The number of nitrogens with zero attached hydrogens (tertiary/aromatic N) is 3. The summed E-state index contributed by atoms with van der Waals surface area (Å²) in [6.45, 7) is 1.44. The molecule has 0 aliphatic heterocycles. The van der Waals surface area contributed by atoms with E-state index in [1.807, 2.05) is 176 Å². The van der Waals surface area contributed by atoms with Gasteiger partial charge in [0.1, 0.15) is 107 Å². The van der Waals surface area contributed by atoms with Crippen molar-refractivity contribution in [3.05, 3.63) is 378 Å². The van der Waals surface area contributed by atoms with Crippen LogP contribution in [0.15, 0.2) is 274 Å². The van der Waals surface area contributed by atoms with Gasteiger partial charge in [0.25, 0.3) is 0 Å². The average molecular weight is 1530 g/mol. The molecule has 23 heteroatoms. The third kappa shape index (κ3) is 21.5. The molecule has 9 aromatic carbocycles. The number of carbonyl (C=O) groups is 1. The second-order valence-corrected chi connectivity index (χ2v) is 24.8. The summed E-state index contributed by atoms with van der Waals surface area (Å²) in [4.78, 5) is 32.5. The Hall–Kier alpha value is -11.2. The number of hydrogen-bond acceptors (Lipinski definition) is 10. The van der Waals surface area contributed by atoms with Crippen LogP contribution in [0.4, 0.5) is 22.0 Å². The maximum atomic E-state index is 14.8. The topological polar surface area (TPSA) is 169 Å². The van der Waals surface area contributed by atoms with Crippen LogP contribution in [0.5, 0.6) is 28.7 Å². The van der Waals surface area contributed by atoms with Gasteiger partial charge in [-0.05, 0) is 143 Å². The lowest BCUT2D eigenvalue weighted by Crippen LogP contribution is -2.08. The Morgan fingerprint density at radius 2 is 0.896 bits per heavy atom. The first kappa shape index (κ1) is 77.4. The van der Waals surface area contributed by atoms with Crippen molar-refractivity contribution >= 4 is 97.4 Å². The van der Waals surface area contributed by atoms with Crippen LogP contribution in [0, 0.1) is 29.1 Å². The van der Waals surface area contributed by atoms with Gasteiger partial charge in [-0.1, -0.05) is 179 Å². The van der Waals surface area contributed by atoms with Crippen molar-refractivity contribution in [2.45, 2.75) is 39.0 Å². The molecule has 4 N–H and O–H groups in total. The van der Waals surface area contributed by atoms with Crippen molar-refractivity contribution in [1.29, 1.82) is 0 Å². The summed E-state index contributed by atoms with van der Waals surface area (Å²) in [6, 6.07) is 68.1. The smallest absolute Gasteiger partial charge is 0.154 e. The van der Waals surface area contributed by atoms with E-state index in [0.29, 0.717) is 78.4 Å². The predicted octanol–water partition coefficient (Wildman–Crippen LogP) is 22.9. The summed E-state index contributed by atoms with van der Waals surface area (Å²) in [5.74, 6) is -0.694. The highest BCUT2D eigenvalue weighted by atomic mass is 35.5. The summed E-state index contributed by atoms with van der Waals surface area (Å²) < 4.78 is 95.6. The van der Waals surface area contributed by atoms with Crippen LogP contribution in [0.3, 0.4) is 0 Å². The molecular formula is C83H64Cl5F5N6O7. The van der Waals surface area contributed by atoms with Crippen molar-refractivity contribution in [1.82, 2.24) is 29.9 Å². The molecule has 538 valence electrons. The largest absolute Gasteiger partial charge is 0.506 e. The number of fused-ring (bicyclic) bond motifs is 3. The number of aromatic amines is 3. The first-order chi connectivity index (χ1) is 51.5. The maximum absolute atomic E-state index is 14.8. The number of aromatic nitrogens is 6. The molecule has 0 fully saturated rings. The molecule has 6 heterocycles. The highest BCUT2D eigenvalue weighted by molar-refractivity contribution is 6.35. The number of rotatable bonds is 18. The SMILES string of the molecule is COC(c1c(F)ccc(OCc2ccccc2)c1Cl)c1c[nH]c2ncccc12.Fc1ccc(OCc2ccccc2)c(Cl)c1.Fc1ccc(OCc2ccccc2)c(Cl)c1Cc1c[nH]c2ncccc12.O=Cc1c(F)ccc(OCc2ccccc2)c1Cl.Oc1ccc(F)cc1Cl.c1cnc2[nH]ccc2c1. The first-order valence-corrected chi connectivity index (χ1v) is 34.3. The fourth-order valence-electron chi connectivity index (χ4n) is 10.4. The minimum atomic E-state index is -0.703. The molecule has 15 rings (SSSR count). The molecule has 1 atom stereocenters. The number of halogens is 10. The van der Waals surface area contributed by atoms with Gasteiger partial charge in [-0.2, -0.15) is 0 Å². The van der Waals surface area contributed by atoms with Gasteiger partial charge in [-0.25, -0.2) is 36.9 Å². The molecule has 0 radical (unpaired) electrons. The third-order valence-electron chi connectivity index (χ3n) is 15.7. The minimum Gasteiger partial charge on any atom is -0.506 e. The number of methoxy groups -OCH3 is 1. The number of aldehydes is 1. The van der Waals surface area contributed by atoms with Gasteiger partial charge in [0, 0.05) is 83.6 Å². The predicted molar refractivity (Wildman–Crippen MR) is 407 cm³/mol. The van der Waals surface area contributed by atoms with Crippen LogP contribution in [0.1, 0.15) is 61.0 Å². The summed E-state index contributed by atoms with van der Waals surface area (Å²) >= 11 is 30.0. The van der Waals surface area contributed by atoms with Crippen LogP contribution < -0.4 is 18.9 Å². The molecule has 0 spiro atoms. The number of phenolic OH excluding ortho intramolecular Hbond substituents is 1. The first-order valence-electron chi connectivity index (χ1n) is 32.4. The number of pyridine rings is 3. The zero-order valence-corrected chi connectivity index (χ0v) is 60.0. The van der Waals surface area contributed by atoms with Gasteiger partial charge in [-0.15, -0.1) is 0 Å². The average Bonchev–Trinajstić information content (AvgIpc) is 1.39. The van der Waals surface area contributed by atoms with E-state index in [-0.39, 0.29) is 48.6 Å². The highest BCUT2D eigenvalue weighted by Gasteiger charge is 2.27. The molecule has 0 aliphatic carbocycles. The molecular weight excluding hydrogens is 1470 g/mol. The van der Waals surface area contributed by atoms with Gasteiger partial charge in [-0.3, -0.25) is 4.79 Å². The molecule has 0 bridgehead atoms. The number of carbonyl (C=O) groups excluding carboxylic acids is 1. The summed E-state index contributed by atoms with van der Waals surface area (Å²) in [7, 11) is 1.52. The van der Waals surface area contributed by atoms with Gasteiger partial charge < -0.3 is 43.7 Å². The van der Waals surface area contributed by atoms with Crippen molar-refractivity contribution in [2.75, 3.05) is 7.11 Å². The molecule has 106 heavy (non-hydrogen) atoms. The lowest BCUT2D eigenvalue weighted by molar-refractivity contribution is 0.111. The monoisotopic (exact) mass is 1530 g/mol. The number of ether oxygens (including phenoxy) is 5. The molecule has 1 unspecified atom stereocenters. The number of H-pyrrole nitrogens is 3. The van der Waals surface area contributed by atoms with Crippen LogP contribution >= 0.6 is 58.0 Å². The Kier molecular flexibility index (Phi) is 28.5. The molecule has 15 aromatic rings. The zero-order chi connectivity index (χ0) is 74.7. The zero-order valence-electron chi connectivity index (χ0n) is 56.2. The van der Waals surface area contributed by atoms with Crippen molar-refractivity contribution in [2.24, 2.45) is 0 Å². The van der Waals surface area contributed by atoms with E-state index in [1.165, 1.54) is 55.6 Å². The molecule has 0 saturated heterocycles. The molecule has 0 aliphatic rings. The molecule has 6 aromatic heterocycles. The van der Waals surface area contributed by atoms with Gasteiger partial charge in [0.2, 0.25) is 0 Å². The number of hydrogen-bond donors (Lipinski definition) is 4. The Balaban J connectivity index is 0.000000142. The second-order valence-electron chi connectivity index (χ2n) is 22.8. The van der Waals surface area contributed by atoms with E-state index in [2.05, 4.69) is 29.9 Å². The highest BCUT2D eigenvalue weighted by Crippen LogP contribution is 2.41. The van der Waals surface area contributed by atoms with E-state index < -0.39 is 23.6 Å². The standard InChI is InChI=1S/C22H18ClFN2O2.C21H16ClFN2O.C14H10ClFO2.C13H10ClFO.C7H6N2.C6H4ClFO/c1-27-21(16-12-26-22-15(16)8-5-11-25-22)19-17(24)9-10-18(20(19)23)28-13-14-6-3-2-4-7-14;22-20-17(11-15-12-25-21-16(15)7-4-10-24-21)18(23)8-9-19(20)26-13-14-5-2-1-3-6-14;15-14-11(8-17)12(16)6-7-13(14)18-9-10-4-2-1-3-5-10;14-12-8-11(15)6-7-13(12)16-9-10-4-2-1-3-5-10;1-2-6-3-5-9-7(6)8-4-1;7-5-3-4(8)1-2-6(5)9/h2-12,21H,13H2,1H3,(H,25,26);1-10,12H,11,13H2,(H,24,25);1-8H,9H2;1-8H,9H2;1-5H,(H,8,9);1-3,9H. The van der Waals surface area contributed by atoms with Crippen LogP contribution in [-0.2, 0) is 37.6 Å². The van der Waals surface area contributed by atoms with Crippen LogP contribution in [-0.4, -0.2) is 48.4 Å². The molecule has 0 saturated carbocycles.